The van der Waals surface area contributed by atoms with Gasteiger partial charge in [0.25, 0.3) is 5.91 Å². The van der Waals surface area contributed by atoms with Crippen LogP contribution in [0.4, 0.5) is 5.95 Å². The molecule has 0 atom stereocenters. The Morgan fingerprint density at radius 2 is 2.07 bits per heavy atom. The highest BCUT2D eigenvalue weighted by Crippen LogP contribution is 2.08. The Kier molecular flexibility index (Phi) is 5.02. The topological polar surface area (TPSA) is 95.5 Å². The van der Waals surface area contributed by atoms with Gasteiger partial charge in [0.05, 0.1) is 17.2 Å². The maximum Gasteiger partial charge on any atom is 0.278 e. The van der Waals surface area contributed by atoms with Crippen LogP contribution in [0, 0.1) is 6.92 Å². The van der Waals surface area contributed by atoms with Crippen molar-refractivity contribution >= 4 is 27.8 Å². The lowest BCUT2D eigenvalue weighted by Gasteiger charge is -2.02. The number of anilines is 1. The molecule has 0 saturated heterocycles. The summed E-state index contributed by atoms with van der Waals surface area (Å²) in [5, 5.41) is 15.4. The molecule has 1 N–H and O–H groups in total. The van der Waals surface area contributed by atoms with Crippen LogP contribution in [0.1, 0.15) is 21.6 Å². The second kappa shape index (κ2) is 7.77. The third-order valence-corrected chi connectivity index (χ3v) is 4.36. The Hall–Kier alpha value is -3.27. The lowest BCUT2D eigenvalue weighted by Crippen LogP contribution is -2.16. The number of hydrogen-bond acceptors (Lipinski definition) is 5. The van der Waals surface area contributed by atoms with Crippen molar-refractivity contribution in [3.05, 3.63) is 76.5 Å². The molecule has 1 amide bonds. The van der Waals surface area contributed by atoms with E-state index in [0.717, 1.165) is 10.0 Å². The molecule has 4 aromatic rings. The monoisotopic (exact) mass is 440 g/mol. The number of carbonyl (C=O) groups excluding carboxylic acids is 1. The molecule has 3 heterocycles. The molecule has 9 nitrogen and oxygen atoms in total. The number of amides is 1. The SMILES string of the molecule is Cc1cccc(Cn2cnc(NC(=O)c3ccn(Cn4cc(Br)cn4)n3)n2)c1. The van der Waals surface area contributed by atoms with E-state index >= 15 is 0 Å². The summed E-state index contributed by atoms with van der Waals surface area (Å²) >= 11 is 3.34. The van der Waals surface area contributed by atoms with Crippen LogP contribution in [-0.4, -0.2) is 40.2 Å². The molecule has 0 bridgehead atoms. The van der Waals surface area contributed by atoms with Gasteiger partial charge in [-0.2, -0.15) is 10.2 Å². The first-order valence-electron chi connectivity index (χ1n) is 8.53. The number of halogens is 1. The highest BCUT2D eigenvalue weighted by Gasteiger charge is 2.13. The maximum absolute atomic E-state index is 12.4. The lowest BCUT2D eigenvalue weighted by atomic mass is 10.1. The van der Waals surface area contributed by atoms with Crippen LogP contribution in [0.15, 0.2) is 59.7 Å². The molecule has 0 radical (unpaired) electrons. The molecule has 0 aliphatic carbocycles. The molecular formula is C18H17BrN8O. The summed E-state index contributed by atoms with van der Waals surface area (Å²) < 4.78 is 5.88. The fourth-order valence-corrected chi connectivity index (χ4v) is 3.04. The van der Waals surface area contributed by atoms with Gasteiger partial charge in [-0.3, -0.25) is 14.8 Å². The van der Waals surface area contributed by atoms with Crippen LogP contribution in [0.5, 0.6) is 0 Å². The molecule has 0 aliphatic heterocycles. The maximum atomic E-state index is 12.4. The van der Waals surface area contributed by atoms with Crippen molar-refractivity contribution in [1.29, 1.82) is 0 Å². The van der Waals surface area contributed by atoms with Crippen molar-refractivity contribution < 1.29 is 4.79 Å². The summed E-state index contributed by atoms with van der Waals surface area (Å²) in [6.07, 6.45) is 6.82. The number of benzene rings is 1. The molecule has 1 aromatic carbocycles. The zero-order valence-corrected chi connectivity index (χ0v) is 16.6. The third kappa shape index (κ3) is 4.34. The molecule has 10 heteroatoms. The average molecular weight is 441 g/mol. The van der Waals surface area contributed by atoms with Gasteiger partial charge in [0, 0.05) is 12.4 Å². The van der Waals surface area contributed by atoms with Crippen molar-refractivity contribution in [3.63, 3.8) is 0 Å². The minimum atomic E-state index is -0.367. The van der Waals surface area contributed by atoms with Gasteiger partial charge in [-0.05, 0) is 34.5 Å². The Morgan fingerprint density at radius 1 is 1.18 bits per heavy atom. The van der Waals surface area contributed by atoms with Gasteiger partial charge in [0.2, 0.25) is 5.95 Å². The van der Waals surface area contributed by atoms with E-state index in [1.807, 2.05) is 31.3 Å². The van der Waals surface area contributed by atoms with Crippen LogP contribution in [0.2, 0.25) is 0 Å². The van der Waals surface area contributed by atoms with Crippen LogP contribution in [-0.2, 0) is 13.2 Å². The summed E-state index contributed by atoms with van der Waals surface area (Å²) in [4.78, 5) is 16.5. The Balaban J connectivity index is 1.38. The first kappa shape index (κ1) is 18.1. The van der Waals surface area contributed by atoms with Crippen LogP contribution >= 0.6 is 15.9 Å². The standard InChI is InChI=1S/C18H17BrN8O/c1-13-3-2-4-14(7-13)9-26-11-20-18(24-26)22-17(28)16-5-6-25(23-16)12-27-10-15(19)8-21-27/h2-8,10-11H,9,12H2,1H3,(H,22,24,28). The van der Waals surface area contributed by atoms with E-state index in [2.05, 4.69) is 47.6 Å². The van der Waals surface area contributed by atoms with E-state index < -0.39 is 0 Å². The summed E-state index contributed by atoms with van der Waals surface area (Å²) in [5.74, 6) is -0.128. The van der Waals surface area contributed by atoms with E-state index in [0.29, 0.717) is 13.2 Å². The highest BCUT2D eigenvalue weighted by molar-refractivity contribution is 9.10. The molecule has 142 valence electrons. The predicted octanol–water partition coefficient (Wildman–Crippen LogP) is 2.55. The van der Waals surface area contributed by atoms with Crippen LogP contribution in [0.3, 0.4) is 0 Å². The second-order valence-electron chi connectivity index (χ2n) is 6.29. The Bertz CT molecular complexity index is 1110. The summed E-state index contributed by atoms with van der Waals surface area (Å²) in [7, 11) is 0. The molecule has 3 aromatic heterocycles. The number of nitrogens with zero attached hydrogens (tertiary/aromatic N) is 7. The smallest absolute Gasteiger partial charge is 0.278 e. The quantitative estimate of drug-likeness (QED) is 0.496. The van der Waals surface area contributed by atoms with E-state index in [1.54, 1.807) is 38.8 Å². The van der Waals surface area contributed by atoms with Gasteiger partial charge in [-0.25, -0.2) is 14.3 Å². The first-order chi connectivity index (χ1) is 13.5. The van der Waals surface area contributed by atoms with Gasteiger partial charge in [0.1, 0.15) is 13.0 Å². The molecule has 0 spiro atoms. The van der Waals surface area contributed by atoms with Crippen molar-refractivity contribution in [2.75, 3.05) is 5.32 Å². The fraction of sp³-hybridized carbons (Fsp3) is 0.167. The average Bonchev–Trinajstić information content (AvgIpc) is 3.38. The fourth-order valence-electron chi connectivity index (χ4n) is 2.72. The van der Waals surface area contributed by atoms with Crippen LogP contribution in [0.25, 0.3) is 0 Å². The number of rotatable bonds is 6. The van der Waals surface area contributed by atoms with E-state index in [-0.39, 0.29) is 17.5 Å². The van der Waals surface area contributed by atoms with Crippen molar-refractivity contribution in [2.24, 2.45) is 0 Å². The zero-order chi connectivity index (χ0) is 19.5. The largest absolute Gasteiger partial charge is 0.288 e. The van der Waals surface area contributed by atoms with Gasteiger partial charge >= 0.3 is 0 Å². The molecule has 0 unspecified atom stereocenters. The number of nitrogens with one attached hydrogen (secondary N) is 1. The summed E-state index contributed by atoms with van der Waals surface area (Å²) in [5.41, 5.74) is 2.58. The number of carbonyl (C=O) groups is 1. The number of aromatic nitrogens is 7. The van der Waals surface area contributed by atoms with Gasteiger partial charge in [0.15, 0.2) is 5.69 Å². The molecule has 0 saturated carbocycles. The highest BCUT2D eigenvalue weighted by atomic mass is 79.9. The van der Waals surface area contributed by atoms with Crippen LogP contribution < -0.4 is 5.32 Å². The minimum absolute atomic E-state index is 0.239. The van der Waals surface area contributed by atoms with E-state index in [1.165, 1.54) is 5.56 Å². The van der Waals surface area contributed by atoms with Crippen molar-refractivity contribution in [1.82, 2.24) is 34.3 Å². The van der Waals surface area contributed by atoms with E-state index in [4.69, 9.17) is 0 Å². The Morgan fingerprint density at radius 3 is 2.86 bits per heavy atom. The summed E-state index contributed by atoms with van der Waals surface area (Å²) in [6.45, 7) is 3.03. The zero-order valence-electron chi connectivity index (χ0n) is 15.0. The summed E-state index contributed by atoms with van der Waals surface area (Å²) in [6, 6.07) is 9.80. The molecule has 4 rings (SSSR count). The second-order valence-corrected chi connectivity index (χ2v) is 7.20. The van der Waals surface area contributed by atoms with Crippen molar-refractivity contribution in [3.8, 4) is 0 Å². The van der Waals surface area contributed by atoms with E-state index in [9.17, 15) is 4.79 Å². The number of hydrogen-bond donors (Lipinski definition) is 1. The molecular weight excluding hydrogens is 424 g/mol. The molecule has 0 aliphatic rings. The van der Waals surface area contributed by atoms with Gasteiger partial charge in [-0.15, -0.1) is 5.10 Å². The third-order valence-electron chi connectivity index (χ3n) is 3.95. The van der Waals surface area contributed by atoms with Gasteiger partial charge in [-0.1, -0.05) is 29.8 Å². The van der Waals surface area contributed by atoms with Gasteiger partial charge < -0.3 is 0 Å². The number of aryl methyl sites for hydroxylation is 1. The predicted molar refractivity (Wildman–Crippen MR) is 106 cm³/mol. The normalized spacial score (nSPS) is 10.9. The first-order valence-corrected chi connectivity index (χ1v) is 9.32. The molecule has 28 heavy (non-hydrogen) atoms. The van der Waals surface area contributed by atoms with Crippen molar-refractivity contribution in [2.45, 2.75) is 20.1 Å². The Labute approximate surface area is 169 Å². The lowest BCUT2D eigenvalue weighted by molar-refractivity contribution is 0.102. The molecule has 0 fully saturated rings. The minimum Gasteiger partial charge on any atom is -0.288 e.